The number of aromatic nitrogens is 4. The highest BCUT2D eigenvalue weighted by Crippen LogP contribution is 2.31. The highest BCUT2D eigenvalue weighted by molar-refractivity contribution is 6.29. The summed E-state index contributed by atoms with van der Waals surface area (Å²) < 4.78 is 19.0. The third-order valence-corrected chi connectivity index (χ3v) is 4.38. The lowest BCUT2D eigenvalue weighted by Crippen LogP contribution is -2.39. The average molecular weight is 374 g/mol. The van der Waals surface area contributed by atoms with Crippen LogP contribution in [0.15, 0.2) is 42.9 Å². The van der Waals surface area contributed by atoms with Gasteiger partial charge in [0.1, 0.15) is 6.10 Å². The third kappa shape index (κ3) is 3.11. The number of hydrogen-bond acceptors (Lipinski definition) is 5. The molecule has 26 heavy (non-hydrogen) atoms. The zero-order valence-electron chi connectivity index (χ0n) is 13.4. The molecule has 1 N–H and O–H groups in total. The Kier molecular flexibility index (Phi) is 4.26. The van der Waals surface area contributed by atoms with Crippen molar-refractivity contribution in [2.45, 2.75) is 12.5 Å². The lowest BCUT2D eigenvalue weighted by atomic mass is 10.1. The molecule has 0 spiro atoms. The molecule has 1 aliphatic rings. The SMILES string of the molecule is O=C1OC(c2cnc(Cl)c(F)c2)CCN1c1cc(-c2ccncc2)[nH]n1. The summed E-state index contributed by atoms with van der Waals surface area (Å²) in [6, 6.07) is 6.67. The molecule has 7 nitrogen and oxygen atoms in total. The smallest absolute Gasteiger partial charge is 0.416 e. The van der Waals surface area contributed by atoms with Crippen molar-refractivity contribution in [2.75, 3.05) is 11.4 Å². The zero-order valence-corrected chi connectivity index (χ0v) is 14.2. The van der Waals surface area contributed by atoms with Gasteiger partial charge in [-0.15, -0.1) is 0 Å². The minimum Gasteiger partial charge on any atom is -0.441 e. The van der Waals surface area contributed by atoms with Crippen molar-refractivity contribution in [2.24, 2.45) is 0 Å². The van der Waals surface area contributed by atoms with E-state index in [1.54, 1.807) is 18.5 Å². The molecule has 1 unspecified atom stereocenters. The molecule has 0 bridgehead atoms. The number of H-pyrrole nitrogens is 1. The maximum Gasteiger partial charge on any atom is 0.416 e. The maximum atomic E-state index is 13.6. The first-order valence-electron chi connectivity index (χ1n) is 7.87. The second-order valence-corrected chi connectivity index (χ2v) is 6.09. The number of aromatic amines is 1. The van der Waals surface area contributed by atoms with Crippen LogP contribution in [0.3, 0.4) is 0 Å². The van der Waals surface area contributed by atoms with E-state index in [0.29, 0.717) is 24.3 Å². The molecule has 1 amide bonds. The van der Waals surface area contributed by atoms with Gasteiger partial charge in [0.2, 0.25) is 0 Å². The molecule has 9 heteroatoms. The van der Waals surface area contributed by atoms with Gasteiger partial charge in [-0.25, -0.2) is 14.2 Å². The Hall–Kier alpha value is -3.00. The second kappa shape index (κ2) is 6.72. The van der Waals surface area contributed by atoms with E-state index in [9.17, 15) is 9.18 Å². The van der Waals surface area contributed by atoms with Gasteiger partial charge in [-0.05, 0) is 18.2 Å². The normalized spacial score (nSPS) is 17.2. The first-order valence-corrected chi connectivity index (χ1v) is 8.24. The van der Waals surface area contributed by atoms with Gasteiger partial charge in [-0.3, -0.25) is 15.0 Å². The predicted molar refractivity (Wildman–Crippen MR) is 92.2 cm³/mol. The summed E-state index contributed by atoms with van der Waals surface area (Å²) in [7, 11) is 0. The van der Waals surface area contributed by atoms with Crippen LogP contribution < -0.4 is 4.90 Å². The highest BCUT2D eigenvalue weighted by Gasteiger charge is 2.31. The summed E-state index contributed by atoms with van der Waals surface area (Å²) in [5.41, 5.74) is 2.14. The van der Waals surface area contributed by atoms with Gasteiger partial charge < -0.3 is 4.74 Å². The fraction of sp³-hybridized carbons (Fsp3) is 0.176. The van der Waals surface area contributed by atoms with Crippen LogP contribution in [-0.2, 0) is 4.74 Å². The topological polar surface area (TPSA) is 84.0 Å². The van der Waals surface area contributed by atoms with Crippen LogP contribution in [0.5, 0.6) is 0 Å². The van der Waals surface area contributed by atoms with Crippen LogP contribution >= 0.6 is 11.6 Å². The number of cyclic esters (lactones) is 1. The number of nitrogens with one attached hydrogen (secondary N) is 1. The van der Waals surface area contributed by atoms with Crippen molar-refractivity contribution in [3.63, 3.8) is 0 Å². The number of hydrogen-bond donors (Lipinski definition) is 1. The highest BCUT2D eigenvalue weighted by atomic mass is 35.5. The van der Waals surface area contributed by atoms with Crippen LogP contribution in [0.1, 0.15) is 18.1 Å². The first kappa shape index (κ1) is 16.5. The Morgan fingerprint density at radius 3 is 2.85 bits per heavy atom. The Labute approximate surface area is 152 Å². The van der Waals surface area contributed by atoms with Gasteiger partial charge in [0.05, 0.1) is 5.69 Å². The zero-order chi connectivity index (χ0) is 18.1. The van der Waals surface area contributed by atoms with Gasteiger partial charge in [-0.2, -0.15) is 5.10 Å². The number of rotatable bonds is 3. The summed E-state index contributed by atoms with van der Waals surface area (Å²) in [5.74, 6) is -0.183. The molecule has 132 valence electrons. The van der Waals surface area contributed by atoms with E-state index in [4.69, 9.17) is 16.3 Å². The summed E-state index contributed by atoms with van der Waals surface area (Å²) in [6.45, 7) is 0.383. The molecule has 4 rings (SSSR count). The number of carbonyl (C=O) groups is 1. The summed E-state index contributed by atoms with van der Waals surface area (Å²) in [4.78, 5) is 21.5. The fourth-order valence-electron chi connectivity index (χ4n) is 2.77. The molecule has 1 fully saturated rings. The molecule has 4 heterocycles. The number of carbonyl (C=O) groups excluding carboxylic acids is 1. The van der Waals surface area contributed by atoms with Crippen LogP contribution in [-0.4, -0.2) is 32.8 Å². The number of ether oxygens (including phenoxy) is 1. The van der Waals surface area contributed by atoms with E-state index in [0.717, 1.165) is 11.3 Å². The number of anilines is 1. The van der Waals surface area contributed by atoms with Crippen molar-refractivity contribution in [3.05, 3.63) is 59.4 Å². The monoisotopic (exact) mass is 373 g/mol. The van der Waals surface area contributed by atoms with E-state index in [2.05, 4.69) is 20.2 Å². The van der Waals surface area contributed by atoms with Crippen molar-refractivity contribution >= 4 is 23.5 Å². The van der Waals surface area contributed by atoms with E-state index in [-0.39, 0.29) is 5.15 Å². The van der Waals surface area contributed by atoms with Crippen LogP contribution in [0.25, 0.3) is 11.3 Å². The minimum absolute atomic E-state index is 0.210. The molecule has 0 radical (unpaired) electrons. The molecule has 3 aromatic rings. The largest absolute Gasteiger partial charge is 0.441 e. The Morgan fingerprint density at radius 1 is 1.31 bits per heavy atom. The van der Waals surface area contributed by atoms with Gasteiger partial charge in [0.15, 0.2) is 16.8 Å². The van der Waals surface area contributed by atoms with Gasteiger partial charge in [0, 0.05) is 48.7 Å². The molecular formula is C17H13ClFN5O2. The lowest BCUT2D eigenvalue weighted by molar-refractivity contribution is 0.0835. The van der Waals surface area contributed by atoms with E-state index >= 15 is 0 Å². The van der Waals surface area contributed by atoms with Crippen molar-refractivity contribution < 1.29 is 13.9 Å². The van der Waals surface area contributed by atoms with Gasteiger partial charge >= 0.3 is 6.09 Å². The number of nitrogens with zero attached hydrogens (tertiary/aromatic N) is 4. The van der Waals surface area contributed by atoms with E-state index in [1.807, 2.05) is 12.1 Å². The number of halogens is 2. The number of amides is 1. The van der Waals surface area contributed by atoms with E-state index < -0.39 is 18.0 Å². The Balaban J connectivity index is 1.50. The average Bonchev–Trinajstić information content (AvgIpc) is 3.14. The molecule has 0 aromatic carbocycles. The molecule has 0 saturated carbocycles. The van der Waals surface area contributed by atoms with Crippen LogP contribution in [0.4, 0.5) is 15.0 Å². The molecule has 1 atom stereocenters. The van der Waals surface area contributed by atoms with Crippen LogP contribution in [0, 0.1) is 5.82 Å². The standard InChI is InChI=1S/C17H13ClFN5O2/c18-16-12(19)7-11(9-21-16)14-3-6-24(17(25)26-14)15-8-13(22-23-15)10-1-4-20-5-2-10/h1-2,4-5,7-9,14H,3,6H2,(H,22,23). The minimum atomic E-state index is -0.642. The second-order valence-electron chi connectivity index (χ2n) is 5.73. The third-order valence-electron chi connectivity index (χ3n) is 4.10. The molecule has 1 aliphatic heterocycles. The Morgan fingerprint density at radius 2 is 2.12 bits per heavy atom. The van der Waals surface area contributed by atoms with Gasteiger partial charge in [0.25, 0.3) is 0 Å². The molecular weight excluding hydrogens is 361 g/mol. The maximum absolute atomic E-state index is 13.6. The Bertz CT molecular complexity index is 949. The summed E-state index contributed by atoms with van der Waals surface area (Å²) in [5, 5.41) is 6.86. The number of pyridine rings is 2. The molecule has 0 aliphatic carbocycles. The van der Waals surface area contributed by atoms with Crippen LogP contribution in [0.2, 0.25) is 5.15 Å². The molecule has 1 saturated heterocycles. The van der Waals surface area contributed by atoms with Gasteiger partial charge in [-0.1, -0.05) is 11.6 Å². The first-order chi connectivity index (χ1) is 12.6. The van der Waals surface area contributed by atoms with E-state index in [1.165, 1.54) is 17.2 Å². The summed E-state index contributed by atoms with van der Waals surface area (Å²) in [6.07, 6.45) is 4.12. The summed E-state index contributed by atoms with van der Waals surface area (Å²) >= 11 is 5.59. The lowest BCUT2D eigenvalue weighted by Gasteiger charge is -2.30. The molecule has 3 aromatic heterocycles. The predicted octanol–water partition coefficient (Wildman–Crippen LogP) is 3.75. The van der Waals surface area contributed by atoms with Crippen molar-refractivity contribution in [3.8, 4) is 11.3 Å². The fourth-order valence-corrected chi connectivity index (χ4v) is 2.87. The van der Waals surface area contributed by atoms with Crippen molar-refractivity contribution in [1.82, 2.24) is 20.2 Å². The quantitative estimate of drug-likeness (QED) is 0.707. The van der Waals surface area contributed by atoms with Crippen molar-refractivity contribution in [1.29, 1.82) is 0 Å².